The van der Waals surface area contributed by atoms with Gasteiger partial charge in [0, 0.05) is 36.7 Å². The molecule has 1 aromatic carbocycles. The minimum absolute atomic E-state index is 0.0283. The molecule has 0 aromatic heterocycles. The Morgan fingerprint density at radius 1 is 1.22 bits per heavy atom. The summed E-state index contributed by atoms with van der Waals surface area (Å²) in [4.78, 5) is 42.0. The van der Waals surface area contributed by atoms with E-state index >= 15 is 0 Å². The molecule has 0 unspecified atom stereocenters. The molecule has 13 heteroatoms. The first-order valence-electron chi connectivity index (χ1n) is 13.5. The summed E-state index contributed by atoms with van der Waals surface area (Å²) in [6.07, 6.45) is -2.84. The lowest BCUT2D eigenvalue weighted by Gasteiger charge is -2.37. The zero-order valence-corrected chi connectivity index (χ0v) is 22.7. The summed E-state index contributed by atoms with van der Waals surface area (Å²) >= 11 is 0. The second-order valence-electron chi connectivity index (χ2n) is 10.6. The van der Waals surface area contributed by atoms with Crippen molar-refractivity contribution in [2.24, 2.45) is 5.92 Å². The molecule has 7 N–H and O–H groups in total. The molecule has 2 saturated heterocycles. The van der Waals surface area contributed by atoms with Crippen molar-refractivity contribution in [2.45, 2.75) is 68.5 Å². The van der Waals surface area contributed by atoms with Gasteiger partial charge in [-0.2, -0.15) is 0 Å². The topological polar surface area (TPSA) is 200 Å². The van der Waals surface area contributed by atoms with Crippen LogP contribution in [0.25, 0.3) is 0 Å². The molecule has 0 bridgehead atoms. The van der Waals surface area contributed by atoms with Crippen molar-refractivity contribution in [3.05, 3.63) is 48.6 Å². The van der Waals surface area contributed by atoms with E-state index in [9.17, 15) is 45.0 Å². The Kier molecular flexibility index (Phi) is 9.29. The van der Waals surface area contributed by atoms with Gasteiger partial charge in [-0.1, -0.05) is 25.2 Å². The molecule has 2 fully saturated rings. The average Bonchev–Trinajstić information content (AvgIpc) is 3.52. The van der Waals surface area contributed by atoms with Crippen LogP contribution in [0.15, 0.2) is 43.0 Å². The van der Waals surface area contributed by atoms with Crippen LogP contribution in [0.2, 0.25) is 0 Å². The summed E-state index contributed by atoms with van der Waals surface area (Å²) in [6, 6.07) is 4.18. The van der Waals surface area contributed by atoms with E-state index in [0.29, 0.717) is 12.2 Å². The minimum Gasteiger partial charge on any atom is -0.394 e. The number of hydrogen-bond acceptors (Lipinski definition) is 10. The maximum absolute atomic E-state index is 13.5. The van der Waals surface area contributed by atoms with E-state index in [2.05, 4.69) is 11.9 Å². The minimum atomic E-state index is -2.06. The number of benzene rings is 1. The number of nitrogens with zero attached hydrogens (tertiary/aromatic N) is 2. The number of anilines is 2. The number of aliphatic hydroxyl groups is 6. The second-order valence-corrected chi connectivity index (χ2v) is 10.6. The fourth-order valence-electron chi connectivity index (χ4n) is 5.61. The Balaban J connectivity index is 1.55. The summed E-state index contributed by atoms with van der Waals surface area (Å²) < 4.78 is 4.97. The van der Waals surface area contributed by atoms with Crippen LogP contribution in [0, 0.1) is 5.92 Å². The highest BCUT2D eigenvalue weighted by Gasteiger charge is 2.52. The number of ether oxygens (including phenoxy) is 1. The van der Waals surface area contributed by atoms with E-state index in [0.717, 1.165) is 12.8 Å². The number of aliphatic hydroxyl groups excluding tert-OH is 5. The Hall–Kier alpha value is -3.17. The third-order valence-corrected chi connectivity index (χ3v) is 7.98. The highest BCUT2D eigenvalue weighted by atomic mass is 16.6. The largest absolute Gasteiger partial charge is 0.394 e. The number of carbonyl (C=O) groups excluding carboxylic acids is 3. The van der Waals surface area contributed by atoms with Crippen LogP contribution in [-0.4, -0.2) is 110 Å². The Labute approximate surface area is 236 Å². The molecule has 0 radical (unpaired) electrons. The summed E-state index contributed by atoms with van der Waals surface area (Å²) in [7, 11) is 0. The van der Waals surface area contributed by atoms with Crippen molar-refractivity contribution in [3.63, 3.8) is 0 Å². The number of fused-ring (bicyclic) bond motifs is 1. The number of amides is 3. The fraction of sp³-hybridized carbons (Fsp3) is 0.536. The molecule has 0 spiro atoms. The van der Waals surface area contributed by atoms with Crippen molar-refractivity contribution in [2.75, 3.05) is 29.9 Å². The molecule has 8 atom stereocenters. The molecule has 13 nitrogen and oxygen atoms in total. The van der Waals surface area contributed by atoms with Crippen molar-refractivity contribution in [1.82, 2.24) is 4.90 Å². The Morgan fingerprint density at radius 3 is 2.63 bits per heavy atom. The Bertz CT molecular complexity index is 1210. The van der Waals surface area contributed by atoms with Crippen LogP contribution in [0.4, 0.5) is 11.4 Å². The first-order chi connectivity index (χ1) is 19.4. The fourth-order valence-corrected chi connectivity index (χ4v) is 5.61. The van der Waals surface area contributed by atoms with Crippen molar-refractivity contribution in [3.8, 4) is 0 Å². The maximum atomic E-state index is 13.5. The van der Waals surface area contributed by atoms with Crippen LogP contribution in [0.1, 0.15) is 31.7 Å². The first kappa shape index (κ1) is 30.8. The number of likely N-dealkylation sites (tertiary alicyclic amines) is 1. The molecule has 3 aliphatic rings. The summed E-state index contributed by atoms with van der Waals surface area (Å²) in [5, 5.41) is 63.3. The number of rotatable bonds is 9. The van der Waals surface area contributed by atoms with Gasteiger partial charge in [-0.05, 0) is 31.0 Å². The lowest BCUT2D eigenvalue weighted by Crippen LogP contribution is -2.60. The van der Waals surface area contributed by atoms with Crippen LogP contribution in [-0.2, 0) is 24.7 Å². The lowest BCUT2D eigenvalue weighted by atomic mass is 9.82. The summed E-state index contributed by atoms with van der Waals surface area (Å²) in [6.45, 7) is 5.86. The zero-order chi connectivity index (χ0) is 30.1. The molecule has 41 heavy (non-hydrogen) atoms. The van der Waals surface area contributed by atoms with Crippen LogP contribution < -0.4 is 10.2 Å². The Morgan fingerprint density at radius 2 is 1.95 bits per heavy atom. The molecule has 4 rings (SSSR count). The predicted molar refractivity (Wildman–Crippen MR) is 145 cm³/mol. The van der Waals surface area contributed by atoms with Crippen molar-refractivity contribution < 1.29 is 49.8 Å². The highest BCUT2D eigenvalue weighted by Crippen LogP contribution is 2.46. The van der Waals surface area contributed by atoms with E-state index in [1.54, 1.807) is 24.0 Å². The summed E-state index contributed by atoms with van der Waals surface area (Å²) in [5.74, 6) is -2.52. The van der Waals surface area contributed by atoms with Crippen LogP contribution >= 0.6 is 0 Å². The van der Waals surface area contributed by atoms with Gasteiger partial charge in [-0.25, -0.2) is 0 Å². The lowest BCUT2D eigenvalue weighted by molar-refractivity contribution is -0.274. The third-order valence-electron chi connectivity index (χ3n) is 7.98. The molecule has 1 aromatic rings. The van der Waals surface area contributed by atoms with Gasteiger partial charge in [-0.15, -0.1) is 6.58 Å². The van der Waals surface area contributed by atoms with Gasteiger partial charge in [0.05, 0.1) is 18.3 Å². The van der Waals surface area contributed by atoms with Gasteiger partial charge in [0.15, 0.2) is 18.0 Å². The molecule has 3 heterocycles. The van der Waals surface area contributed by atoms with Gasteiger partial charge in [0.1, 0.15) is 18.3 Å². The first-order valence-corrected chi connectivity index (χ1v) is 13.5. The number of carbonyl (C=O) groups is 3. The van der Waals surface area contributed by atoms with Gasteiger partial charge in [-0.3, -0.25) is 14.4 Å². The van der Waals surface area contributed by atoms with E-state index in [-0.39, 0.29) is 42.8 Å². The quantitative estimate of drug-likeness (QED) is 0.174. The van der Waals surface area contributed by atoms with Gasteiger partial charge in [0.2, 0.25) is 5.91 Å². The average molecular weight is 576 g/mol. The van der Waals surface area contributed by atoms with E-state index in [4.69, 9.17) is 4.74 Å². The molecule has 0 saturated carbocycles. The second kappa shape index (κ2) is 12.4. The molecule has 3 amide bonds. The van der Waals surface area contributed by atoms with Gasteiger partial charge >= 0.3 is 0 Å². The predicted octanol–water partition coefficient (Wildman–Crippen LogP) is -1.29. The number of hydrogen-bond donors (Lipinski definition) is 7. The maximum Gasteiger partial charge on any atom is 0.264 e. The van der Waals surface area contributed by atoms with Crippen LogP contribution in [0.3, 0.4) is 0 Å². The molecule has 0 aliphatic carbocycles. The van der Waals surface area contributed by atoms with E-state index < -0.39 is 54.0 Å². The van der Waals surface area contributed by atoms with Crippen molar-refractivity contribution in [1.29, 1.82) is 0 Å². The molecular formula is C28H37N3O10. The summed E-state index contributed by atoms with van der Waals surface area (Å²) in [5.41, 5.74) is -1.36. The zero-order valence-electron chi connectivity index (χ0n) is 22.7. The molecule has 224 valence electrons. The molecular weight excluding hydrogens is 538 g/mol. The van der Waals surface area contributed by atoms with Gasteiger partial charge in [0.25, 0.3) is 11.8 Å². The normalized spacial score (nSPS) is 32.3. The third kappa shape index (κ3) is 5.66. The van der Waals surface area contributed by atoms with Gasteiger partial charge < -0.3 is 50.5 Å². The number of nitrogens with one attached hydrogen (secondary N) is 1. The van der Waals surface area contributed by atoms with Crippen molar-refractivity contribution >= 4 is 29.1 Å². The van der Waals surface area contributed by atoms with Crippen LogP contribution in [0.5, 0.6) is 0 Å². The standard InChI is InChI=1S/C28H37N3O10/c1-3-11-31-19-10-9-16(29-25(37)24-22(35)21(34)23(36)26(38)41-24)13-18(19)28(40,27(31)39)15(2)6-4-8-20(33)30-12-5-7-17(30)14-32/h3-4,6,9-10,13,15,17,21-24,26,32,34-36,38,40H,1,5,7-8,11-12,14H2,2H3,(H,29,37)/b6-4+/t15-,17-,21-,22-,23+,24-,26+,28+/m0/s1. The van der Waals surface area contributed by atoms with E-state index in [1.807, 2.05) is 0 Å². The smallest absolute Gasteiger partial charge is 0.264 e. The highest BCUT2D eigenvalue weighted by molar-refractivity contribution is 6.08. The SMILES string of the molecule is C=CCN1C(=O)[C@@](O)([C@@H](C)/C=C/CC(=O)N2CCC[C@H]2CO)c2cc(NC(=O)[C@H]3O[C@@H](O)[C@H](O)[C@@H](O)[C@@H]3O)ccc21. The monoisotopic (exact) mass is 575 g/mol. The van der Waals surface area contributed by atoms with E-state index in [1.165, 1.54) is 29.2 Å². The molecule has 3 aliphatic heterocycles.